The van der Waals surface area contributed by atoms with Crippen LogP contribution in [0, 0.1) is 0 Å². The number of amides is 1. The van der Waals surface area contributed by atoms with E-state index in [1.54, 1.807) is 68.8 Å². The van der Waals surface area contributed by atoms with Crippen molar-refractivity contribution in [1.82, 2.24) is 4.98 Å². The van der Waals surface area contributed by atoms with Gasteiger partial charge in [0, 0.05) is 27.9 Å². The van der Waals surface area contributed by atoms with E-state index in [0.29, 0.717) is 50.7 Å². The predicted octanol–water partition coefficient (Wildman–Crippen LogP) is 7.08. The average Bonchev–Trinajstić information content (AvgIpc) is 3.54. The van der Waals surface area contributed by atoms with E-state index in [0.717, 1.165) is 11.1 Å². The minimum atomic E-state index is -0.303. The third-order valence-corrected chi connectivity index (χ3v) is 5.69. The number of nitrogens with zero attached hydrogens (tertiary/aromatic N) is 1. The molecule has 1 amide bonds. The first-order valence-electron chi connectivity index (χ1n) is 11.0. The number of anilines is 1. The van der Waals surface area contributed by atoms with Gasteiger partial charge in [-0.15, -0.1) is 0 Å². The first-order chi connectivity index (χ1) is 17.5. The number of benzene rings is 3. The molecular weight excluding hydrogens is 480 g/mol. The molecule has 8 heteroatoms. The molecule has 180 valence electrons. The lowest BCUT2D eigenvalue weighted by Crippen LogP contribution is -2.07. The third-order valence-electron chi connectivity index (χ3n) is 5.44. The molecule has 1 N–H and O–H groups in total. The number of rotatable bonds is 7. The Morgan fingerprint density at radius 3 is 2.44 bits per heavy atom. The largest absolute Gasteiger partial charge is 0.493 e. The molecule has 0 aliphatic rings. The number of fused-ring (bicyclic) bond motifs is 1. The Labute approximate surface area is 211 Å². The van der Waals surface area contributed by atoms with Crippen LogP contribution in [-0.4, -0.2) is 25.1 Å². The highest BCUT2D eigenvalue weighted by atomic mass is 35.5. The summed E-state index contributed by atoms with van der Waals surface area (Å²) in [5.74, 6) is 2.57. The Balaban J connectivity index is 1.28. The summed E-state index contributed by atoms with van der Waals surface area (Å²) in [6.45, 7) is 0. The van der Waals surface area contributed by atoms with Gasteiger partial charge in [0.15, 0.2) is 17.1 Å². The molecule has 0 unspecified atom stereocenters. The molecule has 0 aliphatic heterocycles. The molecule has 0 atom stereocenters. The van der Waals surface area contributed by atoms with Crippen LogP contribution in [0.25, 0.3) is 40.0 Å². The maximum atomic E-state index is 12.5. The van der Waals surface area contributed by atoms with E-state index in [1.165, 1.54) is 6.08 Å². The zero-order valence-corrected chi connectivity index (χ0v) is 20.2. The van der Waals surface area contributed by atoms with Gasteiger partial charge >= 0.3 is 0 Å². The number of carbonyl (C=O) groups is 1. The van der Waals surface area contributed by atoms with E-state index in [2.05, 4.69) is 10.3 Å². The van der Waals surface area contributed by atoms with E-state index in [4.69, 9.17) is 29.9 Å². The zero-order chi connectivity index (χ0) is 25.1. The van der Waals surface area contributed by atoms with Gasteiger partial charge < -0.3 is 23.6 Å². The topological polar surface area (TPSA) is 86.7 Å². The van der Waals surface area contributed by atoms with Gasteiger partial charge in [-0.05, 0) is 78.9 Å². The number of furan rings is 1. The van der Waals surface area contributed by atoms with Crippen LogP contribution in [0.3, 0.4) is 0 Å². The van der Waals surface area contributed by atoms with E-state index in [1.807, 2.05) is 24.3 Å². The van der Waals surface area contributed by atoms with E-state index < -0.39 is 0 Å². The van der Waals surface area contributed by atoms with Crippen LogP contribution >= 0.6 is 11.6 Å². The number of ether oxygens (including phenoxy) is 2. The minimum Gasteiger partial charge on any atom is -0.493 e. The van der Waals surface area contributed by atoms with Gasteiger partial charge in [0.05, 0.1) is 14.2 Å². The van der Waals surface area contributed by atoms with Crippen molar-refractivity contribution in [3.8, 4) is 34.3 Å². The highest BCUT2D eigenvalue weighted by Crippen LogP contribution is 2.33. The Hall–Kier alpha value is -4.49. The molecule has 5 aromatic rings. The Morgan fingerprint density at radius 2 is 1.67 bits per heavy atom. The number of hydrogen-bond acceptors (Lipinski definition) is 6. The molecule has 7 nitrogen and oxygen atoms in total. The molecule has 2 aromatic heterocycles. The summed E-state index contributed by atoms with van der Waals surface area (Å²) in [5.41, 5.74) is 3.44. The molecule has 0 saturated heterocycles. The van der Waals surface area contributed by atoms with Crippen LogP contribution in [0.15, 0.2) is 87.7 Å². The Bertz CT molecular complexity index is 1570. The fourth-order valence-corrected chi connectivity index (χ4v) is 3.78. The van der Waals surface area contributed by atoms with Crippen LogP contribution in [-0.2, 0) is 4.79 Å². The highest BCUT2D eigenvalue weighted by Gasteiger charge is 2.13. The molecular formula is C28H21ClN2O5. The van der Waals surface area contributed by atoms with Gasteiger partial charge in [-0.1, -0.05) is 11.6 Å². The number of methoxy groups -OCH3 is 2. The maximum Gasteiger partial charge on any atom is 0.248 e. The molecule has 0 bridgehead atoms. The van der Waals surface area contributed by atoms with Crippen LogP contribution < -0.4 is 14.8 Å². The van der Waals surface area contributed by atoms with Crippen molar-refractivity contribution in [1.29, 1.82) is 0 Å². The summed E-state index contributed by atoms with van der Waals surface area (Å²) in [7, 11) is 3.15. The van der Waals surface area contributed by atoms with Crippen molar-refractivity contribution >= 4 is 40.4 Å². The zero-order valence-electron chi connectivity index (χ0n) is 19.4. The third kappa shape index (κ3) is 4.96. The standard InChI is InChI=1S/C28H21ClN2O5/c1-33-25-11-5-18(15-26(25)34-2)28-31-22-16-20(8-12-24(22)36-28)30-27(32)14-10-21-9-13-23(35-21)17-3-6-19(29)7-4-17/h3-16H,1-2H3,(H,30,32)/b14-10+. The molecule has 0 aliphatic carbocycles. The van der Waals surface area contributed by atoms with Crippen LogP contribution in [0.1, 0.15) is 5.76 Å². The second-order valence-corrected chi connectivity index (χ2v) is 8.24. The number of carbonyl (C=O) groups excluding carboxylic acids is 1. The molecule has 0 saturated carbocycles. The number of halogens is 1. The molecule has 0 spiro atoms. The number of hydrogen-bond donors (Lipinski definition) is 1. The first kappa shape index (κ1) is 23.3. The van der Waals surface area contributed by atoms with E-state index in [-0.39, 0.29) is 5.91 Å². The lowest BCUT2D eigenvalue weighted by atomic mass is 10.2. The summed E-state index contributed by atoms with van der Waals surface area (Å²) in [6, 6.07) is 21.7. The number of nitrogens with one attached hydrogen (secondary N) is 1. The molecule has 3 aromatic carbocycles. The molecule has 0 fully saturated rings. The fourth-order valence-electron chi connectivity index (χ4n) is 3.65. The Kier molecular flexibility index (Phi) is 6.47. The predicted molar refractivity (Wildman–Crippen MR) is 139 cm³/mol. The summed E-state index contributed by atoms with van der Waals surface area (Å²) in [6.07, 6.45) is 3.02. The second kappa shape index (κ2) is 10.0. The van der Waals surface area contributed by atoms with Crippen molar-refractivity contribution in [2.45, 2.75) is 0 Å². The van der Waals surface area contributed by atoms with Crippen molar-refractivity contribution < 1.29 is 23.1 Å². The van der Waals surface area contributed by atoms with Gasteiger partial charge in [-0.2, -0.15) is 0 Å². The number of oxazole rings is 1. The van der Waals surface area contributed by atoms with Crippen LogP contribution in [0.2, 0.25) is 5.02 Å². The smallest absolute Gasteiger partial charge is 0.248 e. The van der Waals surface area contributed by atoms with E-state index in [9.17, 15) is 4.79 Å². The molecule has 2 heterocycles. The van der Waals surface area contributed by atoms with Crippen molar-refractivity contribution in [2.75, 3.05) is 19.5 Å². The summed E-state index contributed by atoms with van der Waals surface area (Å²) >= 11 is 5.93. The average molecular weight is 501 g/mol. The van der Waals surface area contributed by atoms with Crippen LogP contribution in [0.4, 0.5) is 5.69 Å². The van der Waals surface area contributed by atoms with Gasteiger partial charge in [-0.3, -0.25) is 4.79 Å². The highest BCUT2D eigenvalue weighted by molar-refractivity contribution is 6.30. The minimum absolute atomic E-state index is 0.303. The normalized spacial score (nSPS) is 11.2. The molecule has 0 radical (unpaired) electrons. The quantitative estimate of drug-likeness (QED) is 0.240. The Morgan fingerprint density at radius 1 is 0.889 bits per heavy atom. The van der Waals surface area contributed by atoms with Gasteiger partial charge in [-0.25, -0.2) is 4.98 Å². The number of aromatic nitrogens is 1. The van der Waals surface area contributed by atoms with Crippen molar-refractivity contribution in [3.63, 3.8) is 0 Å². The van der Waals surface area contributed by atoms with Crippen molar-refractivity contribution in [3.05, 3.63) is 89.7 Å². The van der Waals surface area contributed by atoms with Crippen molar-refractivity contribution in [2.24, 2.45) is 0 Å². The van der Waals surface area contributed by atoms with Gasteiger partial charge in [0.2, 0.25) is 11.8 Å². The summed E-state index contributed by atoms with van der Waals surface area (Å²) in [4.78, 5) is 17.0. The lowest BCUT2D eigenvalue weighted by molar-refractivity contribution is -0.111. The first-order valence-corrected chi connectivity index (χ1v) is 11.4. The SMILES string of the molecule is COc1ccc(-c2nc3cc(NC(=O)/C=C/c4ccc(-c5ccc(Cl)cc5)o4)ccc3o2)cc1OC. The lowest BCUT2D eigenvalue weighted by Gasteiger charge is -2.07. The summed E-state index contributed by atoms with van der Waals surface area (Å²) < 4.78 is 22.3. The second-order valence-electron chi connectivity index (χ2n) is 7.80. The summed E-state index contributed by atoms with van der Waals surface area (Å²) in [5, 5.41) is 3.49. The molecule has 5 rings (SSSR count). The maximum absolute atomic E-state index is 12.5. The van der Waals surface area contributed by atoms with E-state index >= 15 is 0 Å². The fraction of sp³-hybridized carbons (Fsp3) is 0.0714. The molecule has 36 heavy (non-hydrogen) atoms. The monoisotopic (exact) mass is 500 g/mol. The van der Waals surface area contributed by atoms with Gasteiger partial charge in [0.1, 0.15) is 17.0 Å². The van der Waals surface area contributed by atoms with Gasteiger partial charge in [0.25, 0.3) is 0 Å². The van der Waals surface area contributed by atoms with Crippen LogP contribution in [0.5, 0.6) is 11.5 Å².